The molecule has 0 radical (unpaired) electrons. The first-order chi connectivity index (χ1) is 9.30. The Bertz CT molecular complexity index is 340. The fourth-order valence-corrected chi connectivity index (χ4v) is 1.45. The van der Waals surface area contributed by atoms with Gasteiger partial charge in [0.05, 0.1) is 13.2 Å². The van der Waals surface area contributed by atoms with Crippen molar-refractivity contribution in [3.05, 3.63) is 11.9 Å². The summed E-state index contributed by atoms with van der Waals surface area (Å²) >= 11 is 0. The van der Waals surface area contributed by atoms with Crippen molar-refractivity contribution < 1.29 is 9.47 Å². The van der Waals surface area contributed by atoms with Crippen LogP contribution in [-0.4, -0.2) is 43.4 Å². The second kappa shape index (κ2) is 9.48. The van der Waals surface area contributed by atoms with E-state index in [0.717, 1.165) is 31.0 Å². The van der Waals surface area contributed by atoms with Crippen LogP contribution in [0.3, 0.4) is 0 Å². The molecule has 7 nitrogen and oxygen atoms in total. The molecule has 0 atom stereocenters. The first-order valence-corrected chi connectivity index (χ1v) is 6.45. The molecule has 0 aliphatic heterocycles. The SMILES string of the molecule is CCc1nc(NN)cc(NCCCOCCOC)n1. The van der Waals surface area contributed by atoms with Crippen LogP contribution in [0.25, 0.3) is 0 Å². The van der Waals surface area contributed by atoms with E-state index in [0.29, 0.717) is 25.6 Å². The largest absolute Gasteiger partial charge is 0.382 e. The summed E-state index contributed by atoms with van der Waals surface area (Å²) in [5, 5.41) is 3.23. The first kappa shape index (κ1) is 15.6. The fourth-order valence-electron chi connectivity index (χ4n) is 1.45. The van der Waals surface area contributed by atoms with Gasteiger partial charge in [-0.1, -0.05) is 6.92 Å². The maximum atomic E-state index is 5.37. The lowest BCUT2D eigenvalue weighted by atomic mass is 10.4. The number of anilines is 2. The molecule has 0 saturated carbocycles. The van der Waals surface area contributed by atoms with Gasteiger partial charge in [-0.15, -0.1) is 0 Å². The van der Waals surface area contributed by atoms with Crippen LogP contribution >= 0.6 is 0 Å². The second-order valence-electron chi connectivity index (χ2n) is 3.94. The van der Waals surface area contributed by atoms with Crippen molar-refractivity contribution >= 4 is 11.6 Å². The summed E-state index contributed by atoms with van der Waals surface area (Å²) in [6.07, 6.45) is 1.67. The highest BCUT2D eigenvalue weighted by Crippen LogP contribution is 2.10. The molecular weight excluding hydrogens is 246 g/mol. The van der Waals surface area contributed by atoms with Crippen LogP contribution in [0, 0.1) is 0 Å². The quantitative estimate of drug-likeness (QED) is 0.328. The smallest absolute Gasteiger partial charge is 0.145 e. The van der Waals surface area contributed by atoms with E-state index in [1.807, 2.05) is 6.92 Å². The number of ether oxygens (including phenoxy) is 2. The first-order valence-electron chi connectivity index (χ1n) is 6.45. The van der Waals surface area contributed by atoms with Gasteiger partial charge < -0.3 is 20.2 Å². The number of nitrogens with two attached hydrogens (primary N) is 1. The minimum atomic E-state index is 0.616. The molecule has 0 aromatic carbocycles. The molecule has 0 amide bonds. The van der Waals surface area contributed by atoms with Gasteiger partial charge in [0.15, 0.2) is 0 Å². The van der Waals surface area contributed by atoms with Gasteiger partial charge in [-0.25, -0.2) is 15.8 Å². The Kier molecular flexibility index (Phi) is 7.80. The van der Waals surface area contributed by atoms with Crippen LogP contribution in [0.4, 0.5) is 11.6 Å². The third-order valence-corrected chi connectivity index (χ3v) is 2.44. The number of methoxy groups -OCH3 is 1. The van der Waals surface area contributed by atoms with Crippen molar-refractivity contribution in [3.8, 4) is 0 Å². The normalized spacial score (nSPS) is 10.5. The lowest BCUT2D eigenvalue weighted by Gasteiger charge is -2.09. The molecule has 19 heavy (non-hydrogen) atoms. The standard InChI is InChI=1S/C12H23N5O2/c1-3-10-15-11(9-12(16-10)17-13)14-5-4-6-19-8-7-18-2/h9H,3-8,13H2,1-2H3,(H2,14,15,16,17). The summed E-state index contributed by atoms with van der Waals surface area (Å²) in [7, 11) is 1.66. The summed E-state index contributed by atoms with van der Waals surface area (Å²) < 4.78 is 10.3. The number of hydrogen-bond acceptors (Lipinski definition) is 7. The summed E-state index contributed by atoms with van der Waals surface area (Å²) in [5.41, 5.74) is 2.54. The molecule has 1 heterocycles. The summed E-state index contributed by atoms with van der Waals surface area (Å²) in [6, 6.07) is 1.78. The highest BCUT2D eigenvalue weighted by molar-refractivity contribution is 5.46. The molecule has 4 N–H and O–H groups in total. The maximum Gasteiger partial charge on any atom is 0.145 e. The predicted molar refractivity (Wildman–Crippen MR) is 75.0 cm³/mol. The van der Waals surface area contributed by atoms with Crippen LogP contribution in [-0.2, 0) is 15.9 Å². The Morgan fingerprint density at radius 1 is 1.21 bits per heavy atom. The number of aryl methyl sites for hydroxylation is 1. The Morgan fingerprint density at radius 2 is 2.00 bits per heavy atom. The lowest BCUT2D eigenvalue weighted by molar-refractivity contribution is 0.0705. The number of rotatable bonds is 10. The summed E-state index contributed by atoms with van der Waals surface area (Å²) in [4.78, 5) is 8.59. The van der Waals surface area contributed by atoms with Gasteiger partial charge in [0.2, 0.25) is 0 Å². The Balaban J connectivity index is 2.28. The van der Waals surface area contributed by atoms with Gasteiger partial charge in [-0.2, -0.15) is 0 Å². The molecule has 1 aromatic heterocycles. The molecule has 0 fully saturated rings. The van der Waals surface area contributed by atoms with Gasteiger partial charge in [0.25, 0.3) is 0 Å². The third-order valence-electron chi connectivity index (χ3n) is 2.44. The molecule has 0 bridgehead atoms. The van der Waals surface area contributed by atoms with E-state index in [2.05, 4.69) is 20.7 Å². The fraction of sp³-hybridized carbons (Fsp3) is 0.667. The van der Waals surface area contributed by atoms with Crippen molar-refractivity contribution in [2.75, 3.05) is 44.2 Å². The molecule has 7 heteroatoms. The molecule has 0 spiro atoms. The Labute approximate surface area is 113 Å². The number of aromatic nitrogens is 2. The molecule has 108 valence electrons. The number of hydrogen-bond donors (Lipinski definition) is 3. The van der Waals surface area contributed by atoms with Crippen molar-refractivity contribution in [1.82, 2.24) is 9.97 Å². The van der Waals surface area contributed by atoms with Crippen LogP contribution in [0.2, 0.25) is 0 Å². The van der Waals surface area contributed by atoms with Gasteiger partial charge >= 0.3 is 0 Å². The third kappa shape index (κ3) is 6.32. The van der Waals surface area contributed by atoms with Gasteiger partial charge in [-0.3, -0.25) is 0 Å². The zero-order valence-corrected chi connectivity index (χ0v) is 11.6. The minimum Gasteiger partial charge on any atom is -0.382 e. The van der Waals surface area contributed by atoms with Gasteiger partial charge in [-0.05, 0) is 6.42 Å². The molecular formula is C12H23N5O2. The molecule has 0 aliphatic carbocycles. The minimum absolute atomic E-state index is 0.616. The number of nitrogens with one attached hydrogen (secondary N) is 2. The number of nitrogen functional groups attached to an aromatic ring is 1. The number of nitrogens with zero attached hydrogens (tertiary/aromatic N) is 2. The van der Waals surface area contributed by atoms with E-state index in [-0.39, 0.29) is 0 Å². The lowest BCUT2D eigenvalue weighted by Crippen LogP contribution is -2.13. The monoisotopic (exact) mass is 269 g/mol. The van der Waals surface area contributed by atoms with E-state index in [1.54, 1.807) is 13.2 Å². The topological polar surface area (TPSA) is 94.3 Å². The second-order valence-corrected chi connectivity index (χ2v) is 3.94. The highest BCUT2D eigenvalue weighted by Gasteiger charge is 2.01. The van der Waals surface area contributed by atoms with E-state index >= 15 is 0 Å². The van der Waals surface area contributed by atoms with Crippen molar-refractivity contribution in [2.45, 2.75) is 19.8 Å². The van der Waals surface area contributed by atoms with Crippen LogP contribution < -0.4 is 16.6 Å². The zero-order chi connectivity index (χ0) is 13.9. The molecule has 0 aliphatic rings. The average Bonchev–Trinajstić information content (AvgIpc) is 2.45. The van der Waals surface area contributed by atoms with E-state index in [9.17, 15) is 0 Å². The van der Waals surface area contributed by atoms with E-state index < -0.39 is 0 Å². The van der Waals surface area contributed by atoms with E-state index in [1.165, 1.54) is 0 Å². The summed E-state index contributed by atoms with van der Waals surface area (Å²) in [6.45, 7) is 4.75. The Hall–Kier alpha value is -1.44. The van der Waals surface area contributed by atoms with Crippen LogP contribution in [0.15, 0.2) is 6.07 Å². The Morgan fingerprint density at radius 3 is 2.68 bits per heavy atom. The molecule has 0 unspecified atom stereocenters. The molecule has 1 aromatic rings. The molecule has 1 rings (SSSR count). The van der Waals surface area contributed by atoms with Crippen LogP contribution in [0.5, 0.6) is 0 Å². The highest BCUT2D eigenvalue weighted by atomic mass is 16.5. The summed E-state index contributed by atoms with van der Waals surface area (Å²) in [5.74, 6) is 7.51. The van der Waals surface area contributed by atoms with Gasteiger partial charge in [0.1, 0.15) is 17.5 Å². The van der Waals surface area contributed by atoms with Crippen molar-refractivity contribution in [2.24, 2.45) is 5.84 Å². The maximum absolute atomic E-state index is 5.37. The van der Waals surface area contributed by atoms with Crippen LogP contribution in [0.1, 0.15) is 19.2 Å². The molecule has 0 saturated heterocycles. The van der Waals surface area contributed by atoms with E-state index in [4.69, 9.17) is 15.3 Å². The van der Waals surface area contributed by atoms with Crippen molar-refractivity contribution in [3.63, 3.8) is 0 Å². The van der Waals surface area contributed by atoms with Crippen molar-refractivity contribution in [1.29, 1.82) is 0 Å². The number of hydrazine groups is 1. The van der Waals surface area contributed by atoms with Gasteiger partial charge in [0, 0.05) is 32.7 Å². The zero-order valence-electron chi connectivity index (χ0n) is 11.6. The predicted octanol–water partition coefficient (Wildman–Crippen LogP) is 0.790. The average molecular weight is 269 g/mol.